The summed E-state index contributed by atoms with van der Waals surface area (Å²) in [4.78, 5) is 52.3. The Morgan fingerprint density at radius 2 is 1.52 bits per heavy atom. The lowest BCUT2D eigenvalue weighted by Crippen LogP contribution is -2.30. The molecule has 0 saturated carbocycles. The predicted molar refractivity (Wildman–Crippen MR) is 126 cm³/mol. The van der Waals surface area contributed by atoms with E-state index in [-0.39, 0.29) is 17.4 Å². The van der Waals surface area contributed by atoms with Crippen LogP contribution in [0.5, 0.6) is 0 Å². The number of aromatic nitrogens is 1. The van der Waals surface area contributed by atoms with Crippen molar-refractivity contribution in [1.82, 2.24) is 4.98 Å². The van der Waals surface area contributed by atoms with Crippen LogP contribution in [0, 0.1) is 0 Å². The van der Waals surface area contributed by atoms with Crippen molar-refractivity contribution in [3.63, 3.8) is 0 Å². The molecule has 9 nitrogen and oxygen atoms in total. The SMILES string of the molecule is CC(=O)Nc1cc(NC(C)=O)cc(C(=O)OC(C)C(=O)Nc2nc(-c3ccccc3)cs2)c1. The molecule has 1 aromatic heterocycles. The van der Waals surface area contributed by atoms with E-state index in [1.54, 1.807) is 0 Å². The average Bonchev–Trinajstić information content (AvgIpc) is 3.21. The molecule has 0 saturated heterocycles. The number of nitrogens with zero attached hydrogens (tertiary/aromatic N) is 1. The van der Waals surface area contributed by atoms with Gasteiger partial charge in [0.1, 0.15) is 0 Å². The minimum atomic E-state index is -1.12. The quantitative estimate of drug-likeness (QED) is 0.453. The second-order valence-corrected chi connectivity index (χ2v) is 7.96. The lowest BCUT2D eigenvalue weighted by molar-refractivity contribution is -0.123. The van der Waals surface area contributed by atoms with Gasteiger partial charge in [0.15, 0.2) is 11.2 Å². The maximum Gasteiger partial charge on any atom is 0.339 e. The summed E-state index contributed by atoms with van der Waals surface area (Å²) in [5, 5.41) is 9.94. The molecule has 0 spiro atoms. The summed E-state index contributed by atoms with van der Waals surface area (Å²) >= 11 is 1.26. The van der Waals surface area contributed by atoms with Crippen molar-refractivity contribution in [3.05, 3.63) is 59.5 Å². The minimum Gasteiger partial charge on any atom is -0.449 e. The Bertz CT molecular complexity index is 1160. The van der Waals surface area contributed by atoms with Gasteiger partial charge in [0, 0.05) is 36.2 Å². The van der Waals surface area contributed by atoms with Crippen LogP contribution in [0.15, 0.2) is 53.9 Å². The molecule has 0 fully saturated rings. The molecule has 3 aromatic rings. The Balaban J connectivity index is 1.68. The molecule has 10 heteroatoms. The highest BCUT2D eigenvalue weighted by atomic mass is 32.1. The molecule has 0 aliphatic rings. The summed E-state index contributed by atoms with van der Waals surface area (Å²) in [6.07, 6.45) is -1.12. The maximum atomic E-state index is 12.6. The molecule has 33 heavy (non-hydrogen) atoms. The van der Waals surface area contributed by atoms with Gasteiger partial charge in [-0.15, -0.1) is 11.3 Å². The Morgan fingerprint density at radius 3 is 2.09 bits per heavy atom. The first-order chi connectivity index (χ1) is 15.7. The van der Waals surface area contributed by atoms with E-state index in [9.17, 15) is 19.2 Å². The van der Waals surface area contributed by atoms with Gasteiger partial charge in [0.05, 0.1) is 11.3 Å². The third kappa shape index (κ3) is 6.71. The van der Waals surface area contributed by atoms with Gasteiger partial charge < -0.3 is 15.4 Å². The first kappa shape index (κ1) is 23.6. The molecule has 3 N–H and O–H groups in total. The molecule has 0 radical (unpaired) electrons. The van der Waals surface area contributed by atoms with Crippen LogP contribution in [0.1, 0.15) is 31.1 Å². The van der Waals surface area contributed by atoms with E-state index >= 15 is 0 Å². The zero-order chi connectivity index (χ0) is 24.0. The third-order valence-electron chi connectivity index (χ3n) is 4.27. The van der Waals surface area contributed by atoms with Crippen LogP contribution in [0.2, 0.25) is 0 Å². The van der Waals surface area contributed by atoms with Crippen molar-refractivity contribution in [2.24, 2.45) is 0 Å². The fraction of sp³-hybridized carbons (Fsp3) is 0.174. The minimum absolute atomic E-state index is 0.0604. The van der Waals surface area contributed by atoms with Gasteiger partial charge in [-0.3, -0.25) is 19.7 Å². The number of nitrogens with one attached hydrogen (secondary N) is 3. The number of esters is 1. The molecule has 3 amide bonds. The summed E-state index contributed by atoms with van der Waals surface area (Å²) in [5.74, 6) is -2.03. The standard InChI is InChI=1S/C23H22N4O5S/c1-13(21(30)27-23-26-20(12-33-23)16-7-5-4-6-8-16)32-22(31)17-9-18(24-14(2)28)11-19(10-17)25-15(3)29/h4-13H,1-3H3,(H,24,28)(H,25,29)(H,26,27,30). The Morgan fingerprint density at radius 1 is 0.909 bits per heavy atom. The van der Waals surface area contributed by atoms with E-state index in [2.05, 4.69) is 20.9 Å². The molecule has 1 heterocycles. The average molecular weight is 467 g/mol. The number of carbonyl (C=O) groups excluding carboxylic acids is 4. The number of hydrogen-bond acceptors (Lipinski definition) is 7. The summed E-state index contributed by atoms with van der Waals surface area (Å²) in [6, 6.07) is 13.8. The number of carbonyl (C=O) groups is 4. The normalized spacial score (nSPS) is 11.2. The molecule has 0 aliphatic carbocycles. The van der Waals surface area contributed by atoms with Gasteiger partial charge >= 0.3 is 5.97 Å². The van der Waals surface area contributed by atoms with Crippen LogP contribution < -0.4 is 16.0 Å². The summed E-state index contributed by atoms with van der Waals surface area (Å²) in [7, 11) is 0. The van der Waals surface area contributed by atoms with Crippen molar-refractivity contribution < 1.29 is 23.9 Å². The monoisotopic (exact) mass is 466 g/mol. The van der Waals surface area contributed by atoms with Crippen molar-refractivity contribution in [2.75, 3.05) is 16.0 Å². The van der Waals surface area contributed by atoms with Gasteiger partial charge in [-0.2, -0.15) is 0 Å². The van der Waals surface area contributed by atoms with Gasteiger partial charge in [0.2, 0.25) is 11.8 Å². The molecule has 1 atom stereocenters. The Hall–Kier alpha value is -4.05. The molecule has 170 valence electrons. The molecular weight excluding hydrogens is 444 g/mol. The summed E-state index contributed by atoms with van der Waals surface area (Å²) in [6.45, 7) is 4.07. The van der Waals surface area contributed by atoms with Crippen molar-refractivity contribution in [3.8, 4) is 11.3 Å². The molecule has 3 rings (SSSR count). The molecule has 2 aromatic carbocycles. The maximum absolute atomic E-state index is 12.6. The lowest BCUT2D eigenvalue weighted by Gasteiger charge is -2.14. The molecule has 1 unspecified atom stereocenters. The van der Waals surface area contributed by atoms with E-state index in [1.807, 2.05) is 35.7 Å². The van der Waals surface area contributed by atoms with Crippen LogP contribution in [0.4, 0.5) is 16.5 Å². The number of benzene rings is 2. The summed E-state index contributed by atoms with van der Waals surface area (Å²) in [5.41, 5.74) is 2.30. The second kappa shape index (κ2) is 10.5. The molecular formula is C23H22N4O5S. The Labute approximate surface area is 194 Å². The van der Waals surface area contributed by atoms with Crippen molar-refractivity contribution in [2.45, 2.75) is 26.9 Å². The third-order valence-corrected chi connectivity index (χ3v) is 5.02. The van der Waals surface area contributed by atoms with Crippen LogP contribution in [0.3, 0.4) is 0 Å². The van der Waals surface area contributed by atoms with E-state index in [1.165, 1.54) is 50.3 Å². The fourth-order valence-electron chi connectivity index (χ4n) is 2.86. The van der Waals surface area contributed by atoms with Gasteiger partial charge in [-0.1, -0.05) is 30.3 Å². The second-order valence-electron chi connectivity index (χ2n) is 7.10. The zero-order valence-corrected chi connectivity index (χ0v) is 19.0. The largest absolute Gasteiger partial charge is 0.449 e. The van der Waals surface area contributed by atoms with Crippen LogP contribution in [-0.2, 0) is 19.1 Å². The van der Waals surface area contributed by atoms with E-state index in [0.29, 0.717) is 16.5 Å². The number of thiazole rings is 1. The topological polar surface area (TPSA) is 126 Å². The number of rotatable bonds is 7. The van der Waals surface area contributed by atoms with Gasteiger partial charge in [-0.05, 0) is 25.1 Å². The Kier molecular flexibility index (Phi) is 7.52. The first-order valence-electron chi connectivity index (χ1n) is 9.94. The first-order valence-corrected chi connectivity index (χ1v) is 10.8. The van der Waals surface area contributed by atoms with Gasteiger partial charge in [0.25, 0.3) is 5.91 Å². The smallest absolute Gasteiger partial charge is 0.339 e. The molecule has 0 bridgehead atoms. The van der Waals surface area contributed by atoms with Crippen LogP contribution in [0.25, 0.3) is 11.3 Å². The highest BCUT2D eigenvalue weighted by Crippen LogP contribution is 2.25. The highest BCUT2D eigenvalue weighted by molar-refractivity contribution is 7.14. The van der Waals surface area contributed by atoms with Gasteiger partial charge in [-0.25, -0.2) is 9.78 Å². The van der Waals surface area contributed by atoms with E-state index < -0.39 is 18.0 Å². The van der Waals surface area contributed by atoms with E-state index in [4.69, 9.17) is 4.74 Å². The number of amides is 3. The predicted octanol–water partition coefficient (Wildman–Crippen LogP) is 3.91. The van der Waals surface area contributed by atoms with Crippen molar-refractivity contribution in [1.29, 1.82) is 0 Å². The molecule has 0 aliphatic heterocycles. The van der Waals surface area contributed by atoms with Crippen LogP contribution >= 0.6 is 11.3 Å². The highest BCUT2D eigenvalue weighted by Gasteiger charge is 2.21. The number of anilines is 3. The van der Waals surface area contributed by atoms with Crippen molar-refractivity contribution >= 4 is 51.5 Å². The van der Waals surface area contributed by atoms with E-state index in [0.717, 1.165) is 11.3 Å². The lowest BCUT2D eigenvalue weighted by atomic mass is 10.1. The van der Waals surface area contributed by atoms with Crippen LogP contribution in [-0.4, -0.2) is 34.8 Å². The number of ether oxygens (including phenoxy) is 1. The number of hydrogen-bond donors (Lipinski definition) is 3. The zero-order valence-electron chi connectivity index (χ0n) is 18.2. The summed E-state index contributed by atoms with van der Waals surface area (Å²) < 4.78 is 5.28. The fourth-order valence-corrected chi connectivity index (χ4v) is 3.58.